The molecule has 0 saturated heterocycles. The molecule has 2 aromatic rings. The summed E-state index contributed by atoms with van der Waals surface area (Å²) in [5, 5.41) is 0. The van der Waals surface area contributed by atoms with Gasteiger partial charge in [0.1, 0.15) is 11.5 Å². The van der Waals surface area contributed by atoms with E-state index in [1.807, 2.05) is 57.2 Å². The summed E-state index contributed by atoms with van der Waals surface area (Å²) < 4.78 is 17.2. The smallest absolute Gasteiger partial charge is 0.171 e. The van der Waals surface area contributed by atoms with E-state index in [4.69, 9.17) is 19.6 Å². The Morgan fingerprint density at radius 1 is 1.15 bits per heavy atom. The van der Waals surface area contributed by atoms with Crippen LogP contribution >= 0.6 is 0 Å². The SMILES string of the molecule is CCOc1ccccc1OC(c1ccc(C)o1)C(C)N. The molecule has 2 atom stereocenters. The second-order valence-corrected chi connectivity index (χ2v) is 4.73. The second-order valence-electron chi connectivity index (χ2n) is 4.73. The highest BCUT2D eigenvalue weighted by Crippen LogP contribution is 2.32. The van der Waals surface area contributed by atoms with Gasteiger partial charge in [-0.05, 0) is 45.0 Å². The average molecular weight is 275 g/mol. The number of hydrogen-bond donors (Lipinski definition) is 1. The summed E-state index contributed by atoms with van der Waals surface area (Å²) in [4.78, 5) is 0. The average Bonchev–Trinajstić information content (AvgIpc) is 2.84. The molecule has 2 unspecified atom stereocenters. The first-order valence-electron chi connectivity index (χ1n) is 6.82. The molecular weight excluding hydrogens is 254 g/mol. The Morgan fingerprint density at radius 3 is 2.40 bits per heavy atom. The van der Waals surface area contributed by atoms with Crippen LogP contribution in [0.3, 0.4) is 0 Å². The zero-order valence-electron chi connectivity index (χ0n) is 12.1. The van der Waals surface area contributed by atoms with Crippen LogP contribution in [0.4, 0.5) is 0 Å². The van der Waals surface area contributed by atoms with Gasteiger partial charge in [0.05, 0.1) is 6.61 Å². The fourth-order valence-corrected chi connectivity index (χ4v) is 1.99. The Labute approximate surface area is 119 Å². The first kappa shape index (κ1) is 14.5. The van der Waals surface area contributed by atoms with Crippen LogP contribution in [0.25, 0.3) is 0 Å². The molecule has 20 heavy (non-hydrogen) atoms. The van der Waals surface area contributed by atoms with E-state index in [-0.39, 0.29) is 12.1 Å². The van der Waals surface area contributed by atoms with E-state index in [0.717, 1.165) is 11.5 Å². The molecule has 108 valence electrons. The zero-order valence-corrected chi connectivity index (χ0v) is 12.1. The quantitative estimate of drug-likeness (QED) is 0.877. The molecule has 0 aliphatic rings. The molecule has 0 fully saturated rings. The summed E-state index contributed by atoms with van der Waals surface area (Å²) >= 11 is 0. The number of aryl methyl sites for hydroxylation is 1. The maximum Gasteiger partial charge on any atom is 0.171 e. The number of para-hydroxylation sites is 2. The molecule has 0 saturated carbocycles. The number of ether oxygens (including phenoxy) is 2. The lowest BCUT2D eigenvalue weighted by Crippen LogP contribution is -2.28. The van der Waals surface area contributed by atoms with E-state index < -0.39 is 0 Å². The predicted molar refractivity (Wildman–Crippen MR) is 78.1 cm³/mol. The van der Waals surface area contributed by atoms with E-state index in [0.29, 0.717) is 18.1 Å². The fraction of sp³-hybridized carbons (Fsp3) is 0.375. The van der Waals surface area contributed by atoms with Gasteiger partial charge in [0.15, 0.2) is 17.6 Å². The van der Waals surface area contributed by atoms with Crippen LogP contribution in [0.1, 0.15) is 31.5 Å². The van der Waals surface area contributed by atoms with Gasteiger partial charge >= 0.3 is 0 Å². The number of rotatable bonds is 6. The molecule has 0 amide bonds. The summed E-state index contributed by atoms with van der Waals surface area (Å²) in [6, 6.07) is 11.2. The van der Waals surface area contributed by atoms with Gasteiger partial charge in [-0.15, -0.1) is 0 Å². The summed E-state index contributed by atoms with van der Waals surface area (Å²) in [5.41, 5.74) is 6.02. The minimum absolute atomic E-state index is 0.199. The monoisotopic (exact) mass is 275 g/mol. The van der Waals surface area contributed by atoms with Crippen molar-refractivity contribution in [3.8, 4) is 11.5 Å². The second kappa shape index (κ2) is 6.48. The number of furan rings is 1. The minimum atomic E-state index is -0.342. The van der Waals surface area contributed by atoms with E-state index in [9.17, 15) is 0 Å². The van der Waals surface area contributed by atoms with Crippen molar-refractivity contribution >= 4 is 0 Å². The molecule has 0 aliphatic carbocycles. The van der Waals surface area contributed by atoms with Crippen LogP contribution in [0.2, 0.25) is 0 Å². The molecule has 0 spiro atoms. The lowest BCUT2D eigenvalue weighted by Gasteiger charge is -2.22. The van der Waals surface area contributed by atoms with Crippen molar-refractivity contribution in [1.82, 2.24) is 0 Å². The van der Waals surface area contributed by atoms with Crippen molar-refractivity contribution < 1.29 is 13.9 Å². The Morgan fingerprint density at radius 2 is 1.85 bits per heavy atom. The van der Waals surface area contributed by atoms with Crippen LogP contribution < -0.4 is 15.2 Å². The highest BCUT2D eigenvalue weighted by atomic mass is 16.5. The molecule has 0 bridgehead atoms. The Bertz CT molecular complexity index is 548. The number of benzene rings is 1. The van der Waals surface area contributed by atoms with Gasteiger partial charge in [0.25, 0.3) is 0 Å². The Balaban J connectivity index is 2.25. The van der Waals surface area contributed by atoms with Crippen LogP contribution in [0, 0.1) is 6.92 Å². The van der Waals surface area contributed by atoms with Crippen LogP contribution in [0.15, 0.2) is 40.8 Å². The first-order valence-corrected chi connectivity index (χ1v) is 6.82. The maximum atomic E-state index is 6.02. The fourth-order valence-electron chi connectivity index (χ4n) is 1.99. The van der Waals surface area contributed by atoms with Crippen molar-refractivity contribution in [1.29, 1.82) is 0 Å². The maximum absolute atomic E-state index is 6.02. The standard InChI is InChI=1S/C16H21NO3/c1-4-18-13-7-5-6-8-14(13)20-16(12(3)17)15-10-9-11(2)19-15/h5-10,12,16H,4,17H2,1-3H3. The van der Waals surface area contributed by atoms with Gasteiger partial charge in [0.2, 0.25) is 0 Å². The van der Waals surface area contributed by atoms with Crippen LogP contribution in [0.5, 0.6) is 11.5 Å². The third kappa shape index (κ3) is 3.33. The number of hydrogen-bond acceptors (Lipinski definition) is 4. The predicted octanol–water partition coefficient (Wildman–Crippen LogP) is 3.45. The highest BCUT2D eigenvalue weighted by Gasteiger charge is 2.23. The molecule has 0 radical (unpaired) electrons. The van der Waals surface area contributed by atoms with Crippen LogP contribution in [-0.4, -0.2) is 12.6 Å². The zero-order chi connectivity index (χ0) is 14.5. The van der Waals surface area contributed by atoms with Crippen LogP contribution in [-0.2, 0) is 0 Å². The summed E-state index contributed by atoms with van der Waals surface area (Å²) in [5.74, 6) is 2.95. The van der Waals surface area contributed by atoms with Gasteiger partial charge < -0.3 is 19.6 Å². The third-order valence-corrected chi connectivity index (χ3v) is 2.92. The van der Waals surface area contributed by atoms with Crippen molar-refractivity contribution in [3.63, 3.8) is 0 Å². The molecule has 2 rings (SSSR count). The Hall–Kier alpha value is -1.94. The molecule has 1 aromatic carbocycles. The summed E-state index contributed by atoms with van der Waals surface area (Å²) in [6.45, 7) is 6.32. The topological polar surface area (TPSA) is 57.6 Å². The minimum Gasteiger partial charge on any atom is -0.490 e. The molecular formula is C16H21NO3. The van der Waals surface area contributed by atoms with Crippen molar-refractivity contribution in [2.45, 2.75) is 32.9 Å². The molecule has 2 N–H and O–H groups in total. The Kier molecular flexibility index (Phi) is 4.69. The largest absolute Gasteiger partial charge is 0.490 e. The lowest BCUT2D eigenvalue weighted by molar-refractivity contribution is 0.144. The van der Waals surface area contributed by atoms with E-state index in [2.05, 4.69) is 0 Å². The van der Waals surface area contributed by atoms with Crippen molar-refractivity contribution in [3.05, 3.63) is 47.9 Å². The van der Waals surface area contributed by atoms with Gasteiger partial charge in [-0.1, -0.05) is 12.1 Å². The third-order valence-electron chi connectivity index (χ3n) is 2.92. The molecule has 1 aromatic heterocycles. The van der Waals surface area contributed by atoms with Crippen molar-refractivity contribution in [2.24, 2.45) is 5.73 Å². The molecule has 4 heteroatoms. The van der Waals surface area contributed by atoms with E-state index >= 15 is 0 Å². The molecule has 0 aliphatic heterocycles. The first-order chi connectivity index (χ1) is 9.61. The normalized spacial score (nSPS) is 13.8. The van der Waals surface area contributed by atoms with E-state index in [1.54, 1.807) is 0 Å². The van der Waals surface area contributed by atoms with Gasteiger partial charge in [-0.2, -0.15) is 0 Å². The summed E-state index contributed by atoms with van der Waals surface area (Å²) in [6.07, 6.45) is -0.342. The molecule has 4 nitrogen and oxygen atoms in total. The van der Waals surface area contributed by atoms with Gasteiger partial charge in [-0.3, -0.25) is 0 Å². The summed E-state index contributed by atoms with van der Waals surface area (Å²) in [7, 11) is 0. The highest BCUT2D eigenvalue weighted by molar-refractivity contribution is 5.40. The van der Waals surface area contributed by atoms with E-state index in [1.165, 1.54) is 0 Å². The van der Waals surface area contributed by atoms with Crippen molar-refractivity contribution in [2.75, 3.05) is 6.61 Å². The van der Waals surface area contributed by atoms with Gasteiger partial charge in [-0.25, -0.2) is 0 Å². The lowest BCUT2D eigenvalue weighted by atomic mass is 10.1. The molecule has 1 heterocycles. The number of nitrogens with two attached hydrogens (primary N) is 1. The van der Waals surface area contributed by atoms with Gasteiger partial charge in [0, 0.05) is 6.04 Å².